The van der Waals surface area contributed by atoms with Crippen molar-refractivity contribution in [2.45, 2.75) is 32.9 Å². The Morgan fingerprint density at radius 1 is 1.46 bits per heavy atom. The molecule has 24 heavy (non-hydrogen) atoms. The van der Waals surface area contributed by atoms with Gasteiger partial charge in [0.15, 0.2) is 0 Å². The Morgan fingerprint density at radius 2 is 2.29 bits per heavy atom. The third-order valence-corrected chi connectivity index (χ3v) is 4.08. The highest BCUT2D eigenvalue weighted by Gasteiger charge is 2.18. The molecule has 0 bridgehead atoms. The van der Waals surface area contributed by atoms with Gasteiger partial charge < -0.3 is 10.1 Å². The maximum absolute atomic E-state index is 12.3. The van der Waals surface area contributed by atoms with Crippen LogP contribution in [-0.4, -0.2) is 46.7 Å². The second kappa shape index (κ2) is 7.49. The van der Waals surface area contributed by atoms with Gasteiger partial charge in [0.1, 0.15) is 12.4 Å². The number of hydrogen-bond acceptors (Lipinski definition) is 4. The number of carbonyl (C=O) groups is 1. The SMILES string of the molecule is Cc1cc(CC(C)NC(=O)CN2CCOc3ccccc3C2)n[nH]1. The fourth-order valence-electron chi connectivity index (χ4n) is 2.98. The van der Waals surface area contributed by atoms with E-state index in [1.807, 2.05) is 44.2 Å². The Labute approximate surface area is 142 Å². The molecule has 1 atom stereocenters. The number of aryl methyl sites for hydroxylation is 1. The summed E-state index contributed by atoms with van der Waals surface area (Å²) in [7, 11) is 0. The lowest BCUT2D eigenvalue weighted by molar-refractivity contribution is -0.123. The van der Waals surface area contributed by atoms with E-state index in [1.54, 1.807) is 0 Å². The molecule has 2 heterocycles. The fourth-order valence-corrected chi connectivity index (χ4v) is 2.98. The molecule has 0 fully saturated rings. The van der Waals surface area contributed by atoms with Crippen molar-refractivity contribution in [2.24, 2.45) is 0 Å². The van der Waals surface area contributed by atoms with Crippen LogP contribution in [0.1, 0.15) is 23.9 Å². The summed E-state index contributed by atoms with van der Waals surface area (Å²) in [5, 5.41) is 10.2. The van der Waals surface area contributed by atoms with Crippen molar-refractivity contribution in [1.82, 2.24) is 20.4 Å². The highest BCUT2D eigenvalue weighted by atomic mass is 16.5. The molecule has 2 N–H and O–H groups in total. The first-order valence-corrected chi connectivity index (χ1v) is 8.33. The van der Waals surface area contributed by atoms with Crippen molar-refractivity contribution in [3.63, 3.8) is 0 Å². The van der Waals surface area contributed by atoms with Crippen LogP contribution in [0.15, 0.2) is 30.3 Å². The average molecular weight is 328 g/mol. The number of hydrogen-bond donors (Lipinski definition) is 2. The quantitative estimate of drug-likeness (QED) is 0.876. The predicted molar refractivity (Wildman–Crippen MR) is 91.8 cm³/mol. The highest BCUT2D eigenvalue weighted by molar-refractivity contribution is 5.78. The number of aromatic amines is 1. The van der Waals surface area contributed by atoms with Gasteiger partial charge in [0, 0.05) is 36.8 Å². The molecule has 1 aromatic carbocycles. The number of rotatable bonds is 5. The van der Waals surface area contributed by atoms with Crippen molar-refractivity contribution in [1.29, 1.82) is 0 Å². The van der Waals surface area contributed by atoms with Crippen molar-refractivity contribution in [3.8, 4) is 5.75 Å². The number of benzene rings is 1. The van der Waals surface area contributed by atoms with Crippen LogP contribution in [0.3, 0.4) is 0 Å². The van der Waals surface area contributed by atoms with E-state index in [0.717, 1.165) is 42.2 Å². The summed E-state index contributed by atoms with van der Waals surface area (Å²) in [6, 6.07) is 10.1. The maximum atomic E-state index is 12.3. The minimum absolute atomic E-state index is 0.0362. The zero-order valence-corrected chi connectivity index (χ0v) is 14.2. The summed E-state index contributed by atoms with van der Waals surface area (Å²) < 4.78 is 5.74. The van der Waals surface area contributed by atoms with Gasteiger partial charge in [0.25, 0.3) is 0 Å². The van der Waals surface area contributed by atoms with Crippen LogP contribution in [-0.2, 0) is 17.8 Å². The smallest absolute Gasteiger partial charge is 0.234 e. The number of para-hydroxylation sites is 1. The van der Waals surface area contributed by atoms with E-state index in [2.05, 4.69) is 20.4 Å². The molecule has 2 aromatic rings. The topological polar surface area (TPSA) is 70.2 Å². The minimum Gasteiger partial charge on any atom is -0.492 e. The van der Waals surface area contributed by atoms with Gasteiger partial charge in [0.2, 0.25) is 5.91 Å². The second-order valence-corrected chi connectivity index (χ2v) is 6.38. The van der Waals surface area contributed by atoms with Crippen molar-refractivity contribution < 1.29 is 9.53 Å². The van der Waals surface area contributed by atoms with Crippen LogP contribution < -0.4 is 10.1 Å². The van der Waals surface area contributed by atoms with E-state index in [-0.39, 0.29) is 11.9 Å². The largest absolute Gasteiger partial charge is 0.492 e. The second-order valence-electron chi connectivity index (χ2n) is 6.38. The van der Waals surface area contributed by atoms with Gasteiger partial charge >= 0.3 is 0 Å². The van der Waals surface area contributed by atoms with Gasteiger partial charge in [-0.05, 0) is 26.0 Å². The molecule has 0 aliphatic carbocycles. The molecule has 1 aliphatic rings. The number of amides is 1. The van der Waals surface area contributed by atoms with E-state index in [1.165, 1.54) is 0 Å². The first-order chi connectivity index (χ1) is 11.6. The Hall–Kier alpha value is -2.34. The molecule has 1 amide bonds. The predicted octanol–water partition coefficient (Wildman–Crippen LogP) is 1.66. The van der Waals surface area contributed by atoms with E-state index in [0.29, 0.717) is 13.2 Å². The molecular formula is C18H24N4O2. The number of carbonyl (C=O) groups excluding carboxylic acids is 1. The molecule has 128 valence electrons. The van der Waals surface area contributed by atoms with Crippen molar-refractivity contribution >= 4 is 5.91 Å². The highest BCUT2D eigenvalue weighted by Crippen LogP contribution is 2.22. The number of nitrogens with one attached hydrogen (secondary N) is 2. The number of nitrogens with zero attached hydrogens (tertiary/aromatic N) is 2. The minimum atomic E-state index is 0.0362. The van der Waals surface area contributed by atoms with Gasteiger partial charge in [-0.3, -0.25) is 14.8 Å². The third kappa shape index (κ3) is 4.35. The lowest BCUT2D eigenvalue weighted by Crippen LogP contribution is -2.42. The van der Waals surface area contributed by atoms with Crippen LogP contribution in [0.25, 0.3) is 0 Å². The van der Waals surface area contributed by atoms with Crippen LogP contribution in [0.2, 0.25) is 0 Å². The normalized spacial score (nSPS) is 15.9. The number of fused-ring (bicyclic) bond motifs is 1. The lowest BCUT2D eigenvalue weighted by Gasteiger charge is -2.20. The number of ether oxygens (including phenoxy) is 1. The van der Waals surface area contributed by atoms with E-state index < -0.39 is 0 Å². The van der Waals surface area contributed by atoms with Gasteiger partial charge in [-0.15, -0.1) is 0 Å². The average Bonchev–Trinajstić information content (AvgIpc) is 2.82. The Bertz CT molecular complexity index is 698. The molecule has 1 unspecified atom stereocenters. The van der Waals surface area contributed by atoms with Gasteiger partial charge in [-0.2, -0.15) is 5.10 Å². The molecule has 3 rings (SSSR count). The summed E-state index contributed by atoms with van der Waals surface area (Å²) in [4.78, 5) is 14.4. The molecule has 0 saturated heterocycles. The molecule has 6 heteroatoms. The third-order valence-electron chi connectivity index (χ3n) is 4.08. The van der Waals surface area contributed by atoms with Crippen molar-refractivity contribution in [3.05, 3.63) is 47.3 Å². The summed E-state index contributed by atoms with van der Waals surface area (Å²) in [5.41, 5.74) is 3.13. The summed E-state index contributed by atoms with van der Waals surface area (Å²) in [6.07, 6.45) is 0.724. The van der Waals surface area contributed by atoms with E-state index >= 15 is 0 Å². The van der Waals surface area contributed by atoms with Gasteiger partial charge in [-0.25, -0.2) is 0 Å². The standard InChI is InChI=1S/C18H24N4O2/c1-13(9-16-10-14(2)20-21-16)19-18(23)12-22-7-8-24-17-6-4-3-5-15(17)11-22/h3-6,10,13H,7-9,11-12H2,1-2H3,(H,19,23)(H,20,21). The Kier molecular flexibility index (Phi) is 5.15. The van der Waals surface area contributed by atoms with Gasteiger partial charge in [-0.1, -0.05) is 18.2 Å². The number of aromatic nitrogens is 2. The lowest BCUT2D eigenvalue weighted by atomic mass is 10.1. The monoisotopic (exact) mass is 328 g/mol. The van der Waals surface area contributed by atoms with Crippen molar-refractivity contribution in [2.75, 3.05) is 19.7 Å². The first kappa shape index (κ1) is 16.5. The molecule has 6 nitrogen and oxygen atoms in total. The molecule has 1 aromatic heterocycles. The summed E-state index contributed by atoms with van der Waals surface area (Å²) >= 11 is 0. The molecule has 0 spiro atoms. The molecule has 1 aliphatic heterocycles. The van der Waals surface area contributed by atoms with Crippen LogP contribution >= 0.6 is 0 Å². The molecule has 0 saturated carbocycles. The van der Waals surface area contributed by atoms with Crippen LogP contribution in [0.5, 0.6) is 5.75 Å². The Balaban J connectivity index is 1.51. The fraction of sp³-hybridized carbons (Fsp3) is 0.444. The zero-order chi connectivity index (χ0) is 16.9. The molecular weight excluding hydrogens is 304 g/mol. The summed E-state index contributed by atoms with van der Waals surface area (Å²) in [6.45, 7) is 6.43. The Morgan fingerprint density at radius 3 is 3.08 bits per heavy atom. The van der Waals surface area contributed by atoms with E-state index in [4.69, 9.17) is 4.74 Å². The van der Waals surface area contributed by atoms with Crippen LogP contribution in [0, 0.1) is 6.92 Å². The zero-order valence-electron chi connectivity index (χ0n) is 14.2. The van der Waals surface area contributed by atoms with Gasteiger partial charge in [0.05, 0.1) is 12.2 Å². The maximum Gasteiger partial charge on any atom is 0.234 e. The summed E-state index contributed by atoms with van der Waals surface area (Å²) in [5.74, 6) is 0.955. The first-order valence-electron chi connectivity index (χ1n) is 8.33. The number of H-pyrrole nitrogens is 1. The molecule has 0 radical (unpaired) electrons. The van der Waals surface area contributed by atoms with Crippen LogP contribution in [0.4, 0.5) is 0 Å². The van der Waals surface area contributed by atoms with E-state index in [9.17, 15) is 4.79 Å².